The molecule has 2 aromatic rings. The van der Waals surface area contributed by atoms with Crippen molar-refractivity contribution in [2.24, 2.45) is 0 Å². The molecule has 4 heteroatoms. The van der Waals surface area contributed by atoms with Gasteiger partial charge in [0, 0.05) is 10.7 Å². The van der Waals surface area contributed by atoms with E-state index in [1.54, 1.807) is 0 Å². The van der Waals surface area contributed by atoms with Crippen molar-refractivity contribution in [3.05, 3.63) is 52.5 Å². The van der Waals surface area contributed by atoms with Gasteiger partial charge in [-0.05, 0) is 74.2 Å². The second kappa shape index (κ2) is 7.95. The number of aryl methyl sites for hydroxylation is 2. The molecule has 0 bridgehead atoms. The number of halogens is 1. The van der Waals surface area contributed by atoms with E-state index in [2.05, 4.69) is 0 Å². The Kier molecular flexibility index (Phi) is 5.96. The van der Waals surface area contributed by atoms with Crippen LogP contribution < -0.4 is 15.2 Å². The van der Waals surface area contributed by atoms with Gasteiger partial charge in [-0.25, -0.2) is 0 Å². The fourth-order valence-electron chi connectivity index (χ4n) is 2.14. The van der Waals surface area contributed by atoms with E-state index in [1.807, 2.05) is 50.2 Å². The topological polar surface area (TPSA) is 44.5 Å². The summed E-state index contributed by atoms with van der Waals surface area (Å²) in [7, 11) is 0. The van der Waals surface area contributed by atoms with Crippen molar-refractivity contribution < 1.29 is 9.47 Å². The highest BCUT2D eigenvalue weighted by atomic mass is 35.5. The Balaban J connectivity index is 1.66. The number of hydrogen-bond acceptors (Lipinski definition) is 3. The maximum absolute atomic E-state index is 6.14. The van der Waals surface area contributed by atoms with Gasteiger partial charge in [0.2, 0.25) is 0 Å². The SMILES string of the molecule is Cc1cc(OCCCCOc2ccc(N)cc2)cc(C)c1Cl. The Morgan fingerprint density at radius 1 is 0.864 bits per heavy atom. The first-order valence-corrected chi connectivity index (χ1v) is 7.82. The van der Waals surface area contributed by atoms with E-state index in [0.717, 1.165) is 46.2 Å². The zero-order valence-corrected chi connectivity index (χ0v) is 13.8. The van der Waals surface area contributed by atoms with Crippen LogP contribution in [0.1, 0.15) is 24.0 Å². The lowest BCUT2D eigenvalue weighted by atomic mass is 10.1. The van der Waals surface area contributed by atoms with Crippen molar-refractivity contribution in [3.8, 4) is 11.5 Å². The molecular weight excluding hydrogens is 298 g/mol. The number of hydrogen-bond donors (Lipinski definition) is 1. The van der Waals surface area contributed by atoms with Crippen LogP contribution in [0.25, 0.3) is 0 Å². The smallest absolute Gasteiger partial charge is 0.119 e. The molecular formula is C18H22ClNO2. The van der Waals surface area contributed by atoms with Gasteiger partial charge in [-0.1, -0.05) is 11.6 Å². The Hall–Kier alpha value is -1.87. The number of nitrogens with two attached hydrogens (primary N) is 1. The molecule has 118 valence electrons. The van der Waals surface area contributed by atoms with Crippen LogP contribution in [0.5, 0.6) is 11.5 Å². The molecule has 3 nitrogen and oxygen atoms in total. The zero-order chi connectivity index (χ0) is 15.9. The lowest BCUT2D eigenvalue weighted by molar-refractivity contribution is 0.266. The third-order valence-electron chi connectivity index (χ3n) is 3.37. The van der Waals surface area contributed by atoms with Gasteiger partial charge in [0.1, 0.15) is 11.5 Å². The lowest BCUT2D eigenvalue weighted by Gasteiger charge is -2.10. The van der Waals surface area contributed by atoms with E-state index in [0.29, 0.717) is 13.2 Å². The van der Waals surface area contributed by atoms with Gasteiger partial charge in [-0.2, -0.15) is 0 Å². The van der Waals surface area contributed by atoms with Gasteiger partial charge in [0.05, 0.1) is 13.2 Å². The average molecular weight is 320 g/mol. The van der Waals surface area contributed by atoms with Crippen LogP contribution in [-0.2, 0) is 0 Å². The molecule has 0 aromatic heterocycles. The standard InChI is InChI=1S/C18H22ClNO2/c1-13-11-17(12-14(2)18(13)19)22-10-4-3-9-21-16-7-5-15(20)6-8-16/h5-8,11-12H,3-4,9-10,20H2,1-2H3. The summed E-state index contributed by atoms with van der Waals surface area (Å²) < 4.78 is 11.4. The monoisotopic (exact) mass is 319 g/mol. The van der Waals surface area contributed by atoms with E-state index in [1.165, 1.54) is 0 Å². The summed E-state index contributed by atoms with van der Waals surface area (Å²) in [6.07, 6.45) is 1.88. The minimum absolute atomic E-state index is 0.672. The summed E-state index contributed by atoms with van der Waals surface area (Å²) in [5, 5.41) is 0.809. The summed E-state index contributed by atoms with van der Waals surface area (Å²) in [6.45, 7) is 5.32. The molecule has 0 amide bonds. The van der Waals surface area contributed by atoms with Crippen molar-refractivity contribution in [1.29, 1.82) is 0 Å². The molecule has 0 heterocycles. The molecule has 0 saturated heterocycles. The zero-order valence-electron chi connectivity index (χ0n) is 13.1. The quantitative estimate of drug-likeness (QED) is 0.590. The molecule has 0 atom stereocenters. The van der Waals surface area contributed by atoms with Gasteiger partial charge in [0.15, 0.2) is 0 Å². The summed E-state index contributed by atoms with van der Waals surface area (Å²) in [5.41, 5.74) is 8.46. The van der Waals surface area contributed by atoms with Gasteiger partial charge < -0.3 is 15.2 Å². The van der Waals surface area contributed by atoms with Crippen molar-refractivity contribution in [1.82, 2.24) is 0 Å². The Morgan fingerprint density at radius 2 is 1.36 bits per heavy atom. The van der Waals surface area contributed by atoms with Crippen molar-refractivity contribution in [2.45, 2.75) is 26.7 Å². The summed E-state index contributed by atoms with van der Waals surface area (Å²) in [6, 6.07) is 11.4. The van der Waals surface area contributed by atoms with Crippen LogP contribution in [0, 0.1) is 13.8 Å². The first-order valence-electron chi connectivity index (χ1n) is 7.44. The van der Waals surface area contributed by atoms with Gasteiger partial charge in [-0.3, -0.25) is 0 Å². The molecule has 0 saturated carbocycles. The Bertz CT molecular complexity index is 588. The van der Waals surface area contributed by atoms with Crippen LogP contribution >= 0.6 is 11.6 Å². The van der Waals surface area contributed by atoms with Crippen molar-refractivity contribution in [3.63, 3.8) is 0 Å². The molecule has 0 spiro atoms. The fraction of sp³-hybridized carbons (Fsp3) is 0.333. The highest BCUT2D eigenvalue weighted by molar-refractivity contribution is 6.32. The summed E-state index contributed by atoms with van der Waals surface area (Å²) in [4.78, 5) is 0. The minimum atomic E-state index is 0.672. The van der Waals surface area contributed by atoms with Crippen LogP contribution in [0.3, 0.4) is 0 Å². The van der Waals surface area contributed by atoms with E-state index < -0.39 is 0 Å². The molecule has 22 heavy (non-hydrogen) atoms. The number of unbranched alkanes of at least 4 members (excludes halogenated alkanes) is 1. The molecule has 2 N–H and O–H groups in total. The number of ether oxygens (including phenoxy) is 2. The predicted octanol–water partition coefficient (Wildman–Crippen LogP) is 4.78. The Labute approximate surface area is 137 Å². The second-order valence-corrected chi connectivity index (χ2v) is 5.72. The van der Waals surface area contributed by atoms with Crippen molar-refractivity contribution in [2.75, 3.05) is 18.9 Å². The molecule has 0 fully saturated rings. The first-order chi connectivity index (χ1) is 10.6. The Morgan fingerprint density at radius 3 is 1.91 bits per heavy atom. The third-order valence-corrected chi connectivity index (χ3v) is 3.96. The molecule has 0 aliphatic rings. The minimum Gasteiger partial charge on any atom is -0.494 e. The molecule has 0 unspecified atom stereocenters. The van der Waals surface area contributed by atoms with Gasteiger partial charge >= 0.3 is 0 Å². The number of benzene rings is 2. The largest absolute Gasteiger partial charge is 0.494 e. The summed E-state index contributed by atoms with van der Waals surface area (Å²) in [5.74, 6) is 1.72. The number of nitrogen functional groups attached to an aromatic ring is 1. The predicted molar refractivity (Wildman–Crippen MR) is 92.0 cm³/mol. The lowest BCUT2D eigenvalue weighted by Crippen LogP contribution is -2.03. The van der Waals surface area contributed by atoms with Gasteiger partial charge in [-0.15, -0.1) is 0 Å². The van der Waals surface area contributed by atoms with Crippen LogP contribution in [0.2, 0.25) is 5.02 Å². The normalized spacial score (nSPS) is 10.5. The molecule has 2 rings (SSSR count). The van der Waals surface area contributed by atoms with E-state index >= 15 is 0 Å². The van der Waals surface area contributed by atoms with Crippen LogP contribution in [-0.4, -0.2) is 13.2 Å². The van der Waals surface area contributed by atoms with E-state index in [9.17, 15) is 0 Å². The van der Waals surface area contributed by atoms with E-state index in [-0.39, 0.29) is 0 Å². The van der Waals surface area contributed by atoms with Crippen LogP contribution in [0.15, 0.2) is 36.4 Å². The van der Waals surface area contributed by atoms with Gasteiger partial charge in [0.25, 0.3) is 0 Å². The second-order valence-electron chi connectivity index (χ2n) is 5.34. The third kappa shape index (κ3) is 4.85. The fourth-order valence-corrected chi connectivity index (χ4v) is 2.25. The maximum atomic E-state index is 6.14. The molecule has 2 aromatic carbocycles. The summed E-state index contributed by atoms with van der Waals surface area (Å²) >= 11 is 6.14. The molecule has 0 aliphatic carbocycles. The molecule has 0 radical (unpaired) electrons. The van der Waals surface area contributed by atoms with Crippen molar-refractivity contribution >= 4 is 17.3 Å². The highest BCUT2D eigenvalue weighted by Crippen LogP contribution is 2.25. The number of anilines is 1. The maximum Gasteiger partial charge on any atom is 0.119 e. The first kappa shape index (κ1) is 16.5. The molecule has 0 aliphatic heterocycles. The van der Waals surface area contributed by atoms with E-state index in [4.69, 9.17) is 26.8 Å². The highest BCUT2D eigenvalue weighted by Gasteiger charge is 2.03. The van der Waals surface area contributed by atoms with Crippen LogP contribution in [0.4, 0.5) is 5.69 Å². The number of rotatable bonds is 7. The average Bonchev–Trinajstić information content (AvgIpc) is 2.50.